The normalized spacial score (nSPS) is 14.8. The fourth-order valence-electron chi connectivity index (χ4n) is 2.44. The van der Waals surface area contributed by atoms with Crippen LogP contribution in [-0.2, 0) is 17.8 Å². The molecule has 104 valence electrons. The molecule has 3 N–H and O–H groups in total. The Morgan fingerprint density at radius 2 is 2.40 bits per heavy atom. The summed E-state index contributed by atoms with van der Waals surface area (Å²) in [6, 6.07) is 6.01. The molecule has 0 aliphatic carbocycles. The van der Waals surface area contributed by atoms with Crippen molar-refractivity contribution in [2.75, 3.05) is 24.1 Å². The van der Waals surface area contributed by atoms with Crippen molar-refractivity contribution in [1.29, 1.82) is 0 Å². The number of hydrogen-bond donors (Lipinski definition) is 2. The number of carbonyl (C=O) groups excluding carboxylic acids is 1. The Morgan fingerprint density at radius 3 is 3.20 bits per heavy atom. The van der Waals surface area contributed by atoms with Crippen LogP contribution in [0.25, 0.3) is 0 Å². The number of thiazole rings is 1. The summed E-state index contributed by atoms with van der Waals surface area (Å²) in [5.41, 5.74) is 9.27. The van der Waals surface area contributed by atoms with Crippen LogP contribution in [0.2, 0.25) is 0 Å². The maximum atomic E-state index is 12.0. The molecule has 1 aliphatic rings. The first-order valence-corrected chi connectivity index (χ1v) is 7.38. The summed E-state index contributed by atoms with van der Waals surface area (Å²) in [5.74, 6) is -0.0297. The number of fused-ring (bicyclic) bond motifs is 1. The molecule has 5 nitrogen and oxygen atoms in total. The predicted octanol–water partition coefficient (Wildman–Crippen LogP) is 1.72. The van der Waals surface area contributed by atoms with Crippen LogP contribution in [0.4, 0.5) is 10.8 Å². The summed E-state index contributed by atoms with van der Waals surface area (Å²) in [6.07, 6.45) is 2.61. The van der Waals surface area contributed by atoms with Gasteiger partial charge in [-0.05, 0) is 23.6 Å². The van der Waals surface area contributed by atoms with Crippen LogP contribution < -0.4 is 11.1 Å². The van der Waals surface area contributed by atoms with Gasteiger partial charge in [-0.3, -0.25) is 9.69 Å². The van der Waals surface area contributed by atoms with Crippen molar-refractivity contribution in [3.8, 4) is 0 Å². The number of nitrogen functional groups attached to an aromatic ring is 1. The van der Waals surface area contributed by atoms with Crippen LogP contribution in [0, 0.1) is 0 Å². The van der Waals surface area contributed by atoms with Crippen molar-refractivity contribution in [2.45, 2.75) is 13.0 Å². The van der Waals surface area contributed by atoms with Gasteiger partial charge in [-0.25, -0.2) is 4.98 Å². The molecular weight excluding hydrogens is 272 g/mol. The van der Waals surface area contributed by atoms with Gasteiger partial charge in [0.2, 0.25) is 5.91 Å². The fourth-order valence-corrected chi connectivity index (χ4v) is 2.99. The smallest absolute Gasteiger partial charge is 0.240 e. The molecule has 1 aromatic heterocycles. The van der Waals surface area contributed by atoms with E-state index in [1.807, 2.05) is 17.5 Å². The fraction of sp³-hybridized carbons (Fsp3) is 0.286. The third kappa shape index (κ3) is 2.81. The number of benzene rings is 1. The van der Waals surface area contributed by atoms with E-state index in [2.05, 4.69) is 21.3 Å². The zero-order valence-electron chi connectivity index (χ0n) is 11.0. The summed E-state index contributed by atoms with van der Waals surface area (Å²) in [7, 11) is 0. The monoisotopic (exact) mass is 288 g/mol. The first kappa shape index (κ1) is 13.1. The highest BCUT2D eigenvalue weighted by molar-refractivity contribution is 7.13. The maximum absolute atomic E-state index is 12.0. The third-order valence-corrected chi connectivity index (χ3v) is 4.12. The maximum Gasteiger partial charge on any atom is 0.240 e. The van der Waals surface area contributed by atoms with Crippen LogP contribution in [0.1, 0.15) is 11.1 Å². The van der Waals surface area contributed by atoms with Crippen molar-refractivity contribution in [2.24, 2.45) is 0 Å². The van der Waals surface area contributed by atoms with Crippen LogP contribution >= 0.6 is 11.3 Å². The molecular formula is C14H16N4OS. The molecule has 1 amide bonds. The van der Waals surface area contributed by atoms with E-state index in [-0.39, 0.29) is 5.91 Å². The molecule has 0 atom stereocenters. The minimum absolute atomic E-state index is 0.0297. The topological polar surface area (TPSA) is 71.2 Å². The Kier molecular flexibility index (Phi) is 3.66. The predicted molar refractivity (Wildman–Crippen MR) is 80.6 cm³/mol. The molecule has 1 aromatic carbocycles. The van der Waals surface area contributed by atoms with E-state index < -0.39 is 0 Å². The lowest BCUT2D eigenvalue weighted by Gasteiger charge is -2.28. The SMILES string of the molecule is Nc1cccc2c1CN(CC(=O)Nc1nccs1)CC2. The van der Waals surface area contributed by atoms with Crippen LogP contribution in [-0.4, -0.2) is 28.9 Å². The summed E-state index contributed by atoms with van der Waals surface area (Å²) in [4.78, 5) is 18.1. The van der Waals surface area contributed by atoms with Crippen molar-refractivity contribution in [3.05, 3.63) is 40.9 Å². The molecule has 0 bridgehead atoms. The molecule has 0 spiro atoms. The zero-order chi connectivity index (χ0) is 13.9. The van der Waals surface area contributed by atoms with E-state index in [1.165, 1.54) is 16.9 Å². The Bertz CT molecular complexity index is 612. The standard InChI is InChI=1S/C14H16N4OS/c15-12-3-1-2-10-4-6-18(8-11(10)12)9-13(19)17-14-16-5-7-20-14/h1-3,5,7H,4,6,8-9,15H2,(H,16,17,19). The molecule has 0 saturated heterocycles. The number of nitrogens with one attached hydrogen (secondary N) is 1. The molecule has 3 rings (SSSR count). The average Bonchev–Trinajstić information content (AvgIpc) is 2.92. The van der Waals surface area contributed by atoms with Gasteiger partial charge in [0.05, 0.1) is 6.54 Å². The number of amides is 1. The number of nitrogens with zero attached hydrogens (tertiary/aromatic N) is 2. The van der Waals surface area contributed by atoms with Gasteiger partial charge in [-0.15, -0.1) is 11.3 Å². The second-order valence-electron chi connectivity index (χ2n) is 4.83. The lowest BCUT2D eigenvalue weighted by molar-refractivity contribution is -0.117. The van der Waals surface area contributed by atoms with E-state index in [0.29, 0.717) is 11.7 Å². The molecule has 2 aromatic rings. The lowest BCUT2D eigenvalue weighted by atomic mass is 9.98. The number of aromatic nitrogens is 1. The molecule has 0 fully saturated rings. The third-order valence-electron chi connectivity index (χ3n) is 3.43. The second-order valence-corrected chi connectivity index (χ2v) is 5.73. The zero-order valence-corrected chi connectivity index (χ0v) is 11.8. The van der Waals surface area contributed by atoms with Gasteiger partial charge in [0.25, 0.3) is 0 Å². The van der Waals surface area contributed by atoms with Crippen molar-refractivity contribution < 1.29 is 4.79 Å². The summed E-state index contributed by atoms with van der Waals surface area (Å²) in [6.45, 7) is 1.97. The lowest BCUT2D eigenvalue weighted by Crippen LogP contribution is -2.37. The van der Waals surface area contributed by atoms with Gasteiger partial charge < -0.3 is 11.1 Å². The summed E-state index contributed by atoms with van der Waals surface area (Å²) in [5, 5.41) is 5.29. The molecule has 1 aliphatic heterocycles. The quantitative estimate of drug-likeness (QED) is 0.844. The second kappa shape index (κ2) is 5.60. The molecule has 2 heterocycles. The average molecular weight is 288 g/mol. The minimum Gasteiger partial charge on any atom is -0.398 e. The molecule has 0 unspecified atom stereocenters. The van der Waals surface area contributed by atoms with E-state index in [4.69, 9.17) is 5.73 Å². The van der Waals surface area contributed by atoms with E-state index in [9.17, 15) is 4.79 Å². The van der Waals surface area contributed by atoms with Gasteiger partial charge in [0, 0.05) is 30.4 Å². The molecule has 20 heavy (non-hydrogen) atoms. The Labute approximate surface area is 121 Å². The van der Waals surface area contributed by atoms with Gasteiger partial charge in [-0.2, -0.15) is 0 Å². The summed E-state index contributed by atoms with van der Waals surface area (Å²) >= 11 is 1.42. The number of nitrogens with two attached hydrogens (primary N) is 1. The first-order valence-electron chi connectivity index (χ1n) is 6.50. The van der Waals surface area contributed by atoms with E-state index in [1.54, 1.807) is 6.20 Å². The van der Waals surface area contributed by atoms with Gasteiger partial charge in [0.1, 0.15) is 0 Å². The highest BCUT2D eigenvalue weighted by atomic mass is 32.1. The largest absolute Gasteiger partial charge is 0.398 e. The first-order chi connectivity index (χ1) is 9.72. The van der Waals surface area contributed by atoms with Gasteiger partial charge >= 0.3 is 0 Å². The van der Waals surface area contributed by atoms with Crippen LogP contribution in [0.3, 0.4) is 0 Å². The molecule has 0 radical (unpaired) electrons. The number of carbonyl (C=O) groups is 1. The van der Waals surface area contributed by atoms with Gasteiger partial charge in [0.15, 0.2) is 5.13 Å². The van der Waals surface area contributed by atoms with Crippen molar-refractivity contribution in [3.63, 3.8) is 0 Å². The van der Waals surface area contributed by atoms with Crippen LogP contribution in [0.15, 0.2) is 29.8 Å². The Balaban J connectivity index is 1.63. The van der Waals surface area contributed by atoms with Crippen LogP contribution in [0.5, 0.6) is 0 Å². The number of hydrogen-bond acceptors (Lipinski definition) is 5. The van der Waals surface area contributed by atoms with Crippen molar-refractivity contribution >= 4 is 28.1 Å². The highest BCUT2D eigenvalue weighted by Crippen LogP contribution is 2.24. The minimum atomic E-state index is -0.0297. The molecule has 0 saturated carbocycles. The Hall–Kier alpha value is -1.92. The Morgan fingerprint density at radius 1 is 1.50 bits per heavy atom. The van der Waals surface area contributed by atoms with Gasteiger partial charge in [-0.1, -0.05) is 12.1 Å². The molecule has 6 heteroatoms. The van der Waals surface area contributed by atoms with E-state index >= 15 is 0 Å². The summed E-state index contributed by atoms with van der Waals surface area (Å²) < 4.78 is 0. The van der Waals surface area contributed by atoms with Crippen molar-refractivity contribution in [1.82, 2.24) is 9.88 Å². The number of anilines is 2. The highest BCUT2D eigenvalue weighted by Gasteiger charge is 2.20. The number of rotatable bonds is 3. The van der Waals surface area contributed by atoms with E-state index in [0.717, 1.165) is 30.8 Å².